The zero-order valence-electron chi connectivity index (χ0n) is 9.07. The van der Waals surface area contributed by atoms with Gasteiger partial charge < -0.3 is 5.32 Å². The van der Waals surface area contributed by atoms with Crippen molar-refractivity contribution in [3.8, 4) is 0 Å². The Kier molecular flexibility index (Phi) is 3.25. The van der Waals surface area contributed by atoms with Gasteiger partial charge in [0.1, 0.15) is 0 Å². The summed E-state index contributed by atoms with van der Waals surface area (Å²) in [6.45, 7) is 5.82. The van der Waals surface area contributed by atoms with Crippen molar-refractivity contribution < 1.29 is 0 Å². The molecule has 3 heteroatoms. The number of pyridine rings is 1. The molecule has 0 aliphatic rings. The lowest BCUT2D eigenvalue weighted by molar-refractivity contribution is 1.00. The summed E-state index contributed by atoms with van der Waals surface area (Å²) in [6, 6.07) is 8.40. The first-order valence-corrected chi connectivity index (χ1v) is 5.93. The van der Waals surface area contributed by atoms with Crippen LogP contribution in [0, 0.1) is 0 Å². The van der Waals surface area contributed by atoms with Crippen LogP contribution in [-0.2, 0) is 0 Å². The second kappa shape index (κ2) is 4.66. The summed E-state index contributed by atoms with van der Waals surface area (Å²) in [6.07, 6.45) is 3.68. The number of nitrogens with zero attached hydrogens (tertiary/aromatic N) is 1. The van der Waals surface area contributed by atoms with Crippen LogP contribution >= 0.6 is 15.9 Å². The summed E-state index contributed by atoms with van der Waals surface area (Å²) >= 11 is 3.42. The lowest BCUT2D eigenvalue weighted by atomic mass is 10.2. The molecule has 2 nitrogen and oxygen atoms in total. The number of nitrogens with one attached hydrogen (secondary N) is 1. The van der Waals surface area contributed by atoms with Crippen LogP contribution in [0.4, 0.5) is 5.69 Å². The normalized spacial score (nSPS) is 12.4. The highest BCUT2D eigenvalue weighted by Gasteiger charge is 2.04. The van der Waals surface area contributed by atoms with Gasteiger partial charge in [-0.2, -0.15) is 0 Å². The molecule has 0 spiro atoms. The number of fused-ring (bicyclic) bond motifs is 1. The van der Waals surface area contributed by atoms with Gasteiger partial charge in [-0.25, -0.2) is 0 Å². The van der Waals surface area contributed by atoms with Gasteiger partial charge in [-0.15, -0.1) is 6.58 Å². The van der Waals surface area contributed by atoms with Gasteiger partial charge >= 0.3 is 0 Å². The third-order valence-corrected chi connectivity index (χ3v) is 2.85. The number of rotatable bonds is 3. The van der Waals surface area contributed by atoms with Gasteiger partial charge in [0.15, 0.2) is 0 Å². The number of halogens is 1. The number of aromatic nitrogens is 1. The summed E-state index contributed by atoms with van der Waals surface area (Å²) in [5.74, 6) is 0. The minimum Gasteiger partial charge on any atom is -0.377 e. The van der Waals surface area contributed by atoms with Crippen molar-refractivity contribution in [1.82, 2.24) is 4.98 Å². The predicted molar refractivity (Wildman–Crippen MR) is 72.7 cm³/mol. The van der Waals surface area contributed by atoms with Crippen LogP contribution < -0.4 is 5.32 Å². The lowest BCUT2D eigenvalue weighted by Crippen LogP contribution is -2.11. The van der Waals surface area contributed by atoms with Crippen molar-refractivity contribution in [3.63, 3.8) is 0 Å². The Morgan fingerprint density at radius 3 is 3.06 bits per heavy atom. The highest BCUT2D eigenvalue weighted by molar-refractivity contribution is 9.10. The van der Waals surface area contributed by atoms with Crippen LogP contribution in [0.5, 0.6) is 0 Å². The highest BCUT2D eigenvalue weighted by atomic mass is 79.9. The quantitative estimate of drug-likeness (QED) is 0.858. The van der Waals surface area contributed by atoms with Gasteiger partial charge in [0.05, 0.1) is 11.2 Å². The first kappa shape index (κ1) is 11.1. The van der Waals surface area contributed by atoms with E-state index in [4.69, 9.17) is 0 Å². The maximum atomic E-state index is 4.42. The minimum absolute atomic E-state index is 0.232. The molecule has 0 radical (unpaired) electrons. The first-order valence-electron chi connectivity index (χ1n) is 5.14. The van der Waals surface area contributed by atoms with Crippen molar-refractivity contribution in [2.45, 2.75) is 13.0 Å². The highest BCUT2D eigenvalue weighted by Crippen LogP contribution is 2.24. The van der Waals surface area contributed by atoms with Gasteiger partial charge in [-0.05, 0) is 35.0 Å². The van der Waals surface area contributed by atoms with Crippen LogP contribution in [0.15, 0.2) is 47.6 Å². The molecule has 1 unspecified atom stereocenters. The molecule has 0 saturated heterocycles. The number of hydrogen-bond acceptors (Lipinski definition) is 2. The van der Waals surface area contributed by atoms with Crippen LogP contribution in [0.1, 0.15) is 6.92 Å². The molecular weight excluding hydrogens is 264 g/mol. The Morgan fingerprint density at radius 2 is 2.31 bits per heavy atom. The summed E-state index contributed by atoms with van der Waals surface area (Å²) in [7, 11) is 0. The predicted octanol–water partition coefficient (Wildman–Crippen LogP) is 3.98. The van der Waals surface area contributed by atoms with Crippen molar-refractivity contribution in [1.29, 1.82) is 0 Å². The van der Waals surface area contributed by atoms with Crippen molar-refractivity contribution in [2.24, 2.45) is 0 Å². The maximum absolute atomic E-state index is 4.42. The summed E-state index contributed by atoms with van der Waals surface area (Å²) < 4.78 is 0.994. The average Bonchev–Trinajstić information content (AvgIpc) is 2.28. The molecule has 0 amide bonds. The molecule has 16 heavy (non-hydrogen) atoms. The monoisotopic (exact) mass is 276 g/mol. The third-order valence-electron chi connectivity index (χ3n) is 2.41. The largest absolute Gasteiger partial charge is 0.377 e. The topological polar surface area (TPSA) is 24.9 Å². The van der Waals surface area contributed by atoms with Crippen LogP contribution in [0.3, 0.4) is 0 Å². The molecule has 1 aromatic carbocycles. The fourth-order valence-corrected chi connectivity index (χ4v) is 1.90. The number of para-hydroxylation sites is 1. The SMILES string of the molecule is C=CC(C)Nc1cccc2cc(Br)cnc12. The van der Waals surface area contributed by atoms with Crippen molar-refractivity contribution in [3.05, 3.63) is 47.6 Å². The molecule has 82 valence electrons. The Hall–Kier alpha value is -1.35. The fourth-order valence-electron chi connectivity index (χ4n) is 1.55. The smallest absolute Gasteiger partial charge is 0.0934 e. The van der Waals surface area contributed by atoms with E-state index >= 15 is 0 Å². The number of hydrogen-bond donors (Lipinski definition) is 1. The maximum Gasteiger partial charge on any atom is 0.0934 e. The molecule has 1 N–H and O–H groups in total. The van der Waals surface area contributed by atoms with Crippen LogP contribution in [0.25, 0.3) is 10.9 Å². The zero-order valence-corrected chi connectivity index (χ0v) is 10.7. The standard InChI is InChI=1S/C13H13BrN2/c1-3-9(2)16-12-6-4-5-10-7-11(14)8-15-13(10)12/h3-9,16H,1H2,2H3. The lowest BCUT2D eigenvalue weighted by Gasteiger charge is -2.12. The second-order valence-corrected chi connectivity index (χ2v) is 4.62. The number of anilines is 1. The molecule has 0 aliphatic heterocycles. The van der Waals surface area contributed by atoms with Crippen molar-refractivity contribution in [2.75, 3.05) is 5.32 Å². The number of benzene rings is 1. The molecule has 0 fully saturated rings. The average molecular weight is 277 g/mol. The Morgan fingerprint density at radius 1 is 1.50 bits per heavy atom. The van der Waals surface area contributed by atoms with E-state index in [0.29, 0.717) is 0 Å². The molecule has 1 aromatic heterocycles. The summed E-state index contributed by atoms with van der Waals surface area (Å²) in [5, 5.41) is 4.48. The molecule has 1 heterocycles. The Labute approximate surface area is 104 Å². The molecule has 0 aliphatic carbocycles. The van der Waals surface area contributed by atoms with E-state index in [1.54, 1.807) is 0 Å². The molecular formula is C13H13BrN2. The molecule has 0 saturated carbocycles. The zero-order chi connectivity index (χ0) is 11.5. The fraction of sp³-hybridized carbons (Fsp3) is 0.154. The molecule has 1 atom stereocenters. The molecule has 2 rings (SSSR count). The van der Waals surface area contributed by atoms with Crippen LogP contribution in [-0.4, -0.2) is 11.0 Å². The van der Waals surface area contributed by atoms with Gasteiger partial charge in [0.2, 0.25) is 0 Å². The summed E-state index contributed by atoms with van der Waals surface area (Å²) in [5.41, 5.74) is 2.02. The third kappa shape index (κ3) is 2.25. The van der Waals surface area contributed by atoms with E-state index < -0.39 is 0 Å². The molecule has 2 aromatic rings. The minimum atomic E-state index is 0.232. The van der Waals surface area contributed by atoms with Gasteiger partial charge in [-0.1, -0.05) is 18.2 Å². The van der Waals surface area contributed by atoms with E-state index in [1.165, 1.54) is 0 Å². The Balaban J connectivity index is 2.49. The van der Waals surface area contributed by atoms with E-state index in [2.05, 4.69) is 51.9 Å². The molecule has 0 bridgehead atoms. The Bertz CT molecular complexity index is 522. The van der Waals surface area contributed by atoms with E-state index in [9.17, 15) is 0 Å². The van der Waals surface area contributed by atoms with E-state index in [1.807, 2.05) is 24.4 Å². The van der Waals surface area contributed by atoms with Crippen molar-refractivity contribution >= 4 is 32.5 Å². The first-order chi connectivity index (χ1) is 7.70. The summed E-state index contributed by atoms with van der Waals surface area (Å²) in [4.78, 5) is 4.42. The van der Waals surface area contributed by atoms with E-state index in [-0.39, 0.29) is 6.04 Å². The van der Waals surface area contributed by atoms with Gasteiger partial charge in [0.25, 0.3) is 0 Å². The van der Waals surface area contributed by atoms with E-state index in [0.717, 1.165) is 21.1 Å². The van der Waals surface area contributed by atoms with Crippen LogP contribution in [0.2, 0.25) is 0 Å². The van der Waals surface area contributed by atoms with Gasteiger partial charge in [-0.3, -0.25) is 4.98 Å². The van der Waals surface area contributed by atoms with Gasteiger partial charge in [0, 0.05) is 22.1 Å². The second-order valence-electron chi connectivity index (χ2n) is 3.70.